The Kier molecular flexibility index (Phi) is 4.35. The van der Waals surface area contributed by atoms with Gasteiger partial charge in [0, 0.05) is 30.7 Å². The molecule has 1 aliphatic heterocycles. The van der Waals surface area contributed by atoms with Crippen LogP contribution in [0.3, 0.4) is 0 Å². The van der Waals surface area contributed by atoms with E-state index in [9.17, 15) is 9.59 Å². The van der Waals surface area contributed by atoms with Gasteiger partial charge in [0.15, 0.2) is 0 Å². The third kappa shape index (κ3) is 3.16. The highest BCUT2D eigenvalue weighted by molar-refractivity contribution is 5.96. The number of anilines is 1. The first-order valence-electron chi connectivity index (χ1n) is 7.85. The van der Waals surface area contributed by atoms with Crippen molar-refractivity contribution in [3.05, 3.63) is 42.0 Å². The zero-order valence-corrected chi connectivity index (χ0v) is 14.0. The first-order valence-corrected chi connectivity index (χ1v) is 7.85. The molecule has 0 aliphatic carbocycles. The Morgan fingerprint density at radius 1 is 1.29 bits per heavy atom. The summed E-state index contributed by atoms with van der Waals surface area (Å²) in [6.45, 7) is 4.55. The second-order valence-electron chi connectivity index (χ2n) is 6.03. The number of piperazine rings is 1. The second-order valence-corrected chi connectivity index (χ2v) is 6.03. The van der Waals surface area contributed by atoms with Crippen LogP contribution in [0.5, 0.6) is 0 Å². The molecule has 1 fully saturated rings. The summed E-state index contributed by atoms with van der Waals surface area (Å²) in [5.74, 6) is -0.147. The van der Waals surface area contributed by atoms with Crippen molar-refractivity contribution in [3.8, 4) is 5.69 Å². The number of benzene rings is 1. The first-order chi connectivity index (χ1) is 11.5. The predicted octanol–water partition coefficient (Wildman–Crippen LogP) is 0.858. The monoisotopic (exact) mass is 327 g/mol. The smallest absolute Gasteiger partial charge is 0.243 e. The summed E-state index contributed by atoms with van der Waals surface area (Å²) in [4.78, 5) is 29.6. The van der Waals surface area contributed by atoms with E-state index in [4.69, 9.17) is 0 Å². The predicted molar refractivity (Wildman–Crippen MR) is 91.1 cm³/mol. The lowest BCUT2D eigenvalue weighted by molar-refractivity contribution is -0.133. The summed E-state index contributed by atoms with van der Waals surface area (Å²) in [5.41, 5.74) is 3.80. The molecular formula is C17H21N5O2. The number of nitrogens with zero attached hydrogens (tertiary/aromatic N) is 3. The van der Waals surface area contributed by atoms with Crippen LogP contribution in [0, 0.1) is 13.8 Å². The van der Waals surface area contributed by atoms with Gasteiger partial charge in [-0.25, -0.2) is 4.98 Å². The Bertz CT molecular complexity index is 766. The maximum absolute atomic E-state index is 12.3. The van der Waals surface area contributed by atoms with Gasteiger partial charge in [-0.2, -0.15) is 0 Å². The number of likely N-dealkylation sites (N-methyl/N-ethyl adjacent to an activating group) is 1. The van der Waals surface area contributed by atoms with Crippen LogP contribution in [0.2, 0.25) is 0 Å². The molecular weight excluding hydrogens is 306 g/mol. The molecule has 126 valence electrons. The topological polar surface area (TPSA) is 79.3 Å². The molecule has 1 unspecified atom stereocenters. The minimum atomic E-state index is -0.397. The van der Waals surface area contributed by atoms with E-state index < -0.39 is 6.04 Å². The van der Waals surface area contributed by atoms with Crippen molar-refractivity contribution in [2.45, 2.75) is 19.9 Å². The van der Waals surface area contributed by atoms with Crippen LogP contribution >= 0.6 is 0 Å². The van der Waals surface area contributed by atoms with E-state index in [-0.39, 0.29) is 18.4 Å². The number of hydrogen-bond donors (Lipinski definition) is 2. The van der Waals surface area contributed by atoms with E-state index in [1.165, 1.54) is 0 Å². The zero-order chi connectivity index (χ0) is 17.3. The number of hydrogen-bond acceptors (Lipinski definition) is 4. The Labute approximate surface area is 140 Å². The molecule has 7 nitrogen and oxygen atoms in total. The molecule has 1 aliphatic rings. The maximum atomic E-state index is 12.3. The van der Waals surface area contributed by atoms with Gasteiger partial charge in [-0.15, -0.1) is 0 Å². The fraction of sp³-hybridized carbons (Fsp3) is 0.353. The third-order valence-electron chi connectivity index (χ3n) is 4.36. The number of rotatable bonds is 3. The van der Waals surface area contributed by atoms with Gasteiger partial charge < -0.3 is 14.8 Å². The highest BCUT2D eigenvalue weighted by Gasteiger charge is 2.27. The number of nitrogens with one attached hydrogen (secondary N) is 2. The molecule has 2 heterocycles. The van der Waals surface area contributed by atoms with Crippen molar-refractivity contribution in [1.29, 1.82) is 0 Å². The fourth-order valence-corrected chi connectivity index (χ4v) is 2.66. The number of aromatic nitrogens is 2. The molecule has 0 bridgehead atoms. The van der Waals surface area contributed by atoms with Crippen molar-refractivity contribution in [2.75, 3.05) is 25.5 Å². The fourth-order valence-electron chi connectivity index (χ4n) is 2.66. The highest BCUT2D eigenvalue weighted by atomic mass is 16.2. The molecule has 1 aromatic heterocycles. The Morgan fingerprint density at radius 2 is 2.00 bits per heavy atom. The molecule has 2 aromatic rings. The van der Waals surface area contributed by atoms with Gasteiger partial charge in [0.05, 0.1) is 18.6 Å². The second kappa shape index (κ2) is 6.45. The minimum absolute atomic E-state index is 0.00519. The van der Waals surface area contributed by atoms with E-state index in [1.807, 2.05) is 42.7 Å². The Morgan fingerprint density at radius 3 is 2.58 bits per heavy atom. The first kappa shape index (κ1) is 16.2. The van der Waals surface area contributed by atoms with Gasteiger partial charge in [0.25, 0.3) is 0 Å². The van der Waals surface area contributed by atoms with Gasteiger partial charge in [0.2, 0.25) is 11.8 Å². The Hall–Kier alpha value is -2.67. The molecule has 7 heteroatoms. The van der Waals surface area contributed by atoms with Crippen LogP contribution < -0.4 is 10.6 Å². The third-order valence-corrected chi connectivity index (χ3v) is 4.36. The summed E-state index contributed by atoms with van der Waals surface area (Å²) in [6.07, 6.45) is 1.79. The van der Waals surface area contributed by atoms with Gasteiger partial charge in [-0.3, -0.25) is 14.9 Å². The molecule has 0 spiro atoms. The molecule has 1 atom stereocenters. The van der Waals surface area contributed by atoms with E-state index in [0.717, 1.165) is 22.8 Å². The van der Waals surface area contributed by atoms with Crippen molar-refractivity contribution < 1.29 is 9.59 Å². The molecule has 0 radical (unpaired) electrons. The Balaban J connectivity index is 1.67. The zero-order valence-electron chi connectivity index (χ0n) is 14.0. The lowest BCUT2D eigenvalue weighted by Crippen LogP contribution is -2.57. The van der Waals surface area contributed by atoms with Crippen molar-refractivity contribution >= 4 is 17.5 Å². The molecule has 24 heavy (non-hydrogen) atoms. The summed E-state index contributed by atoms with van der Waals surface area (Å²) in [6, 6.07) is 7.20. The summed E-state index contributed by atoms with van der Waals surface area (Å²) >= 11 is 0. The molecule has 0 saturated carbocycles. The minimum Gasteiger partial charge on any atom is -0.343 e. The van der Waals surface area contributed by atoms with E-state index in [1.54, 1.807) is 18.3 Å². The summed E-state index contributed by atoms with van der Waals surface area (Å²) in [7, 11) is 1.70. The highest BCUT2D eigenvalue weighted by Crippen LogP contribution is 2.17. The lowest BCUT2D eigenvalue weighted by atomic mass is 10.2. The maximum Gasteiger partial charge on any atom is 0.243 e. The van der Waals surface area contributed by atoms with Crippen LogP contribution in [-0.4, -0.2) is 52.4 Å². The summed E-state index contributed by atoms with van der Waals surface area (Å²) < 4.78 is 2.00. The summed E-state index contributed by atoms with van der Waals surface area (Å²) in [5, 5.41) is 5.83. The van der Waals surface area contributed by atoms with Crippen molar-refractivity contribution in [1.82, 2.24) is 19.8 Å². The molecule has 1 saturated heterocycles. The van der Waals surface area contributed by atoms with Gasteiger partial charge in [0.1, 0.15) is 6.04 Å². The van der Waals surface area contributed by atoms with Crippen LogP contribution in [0.1, 0.15) is 11.4 Å². The number of carbonyl (C=O) groups is 2. The number of amides is 2. The number of carbonyl (C=O) groups excluding carboxylic acids is 2. The lowest BCUT2D eigenvalue weighted by Gasteiger charge is -2.29. The SMILES string of the molecule is Cc1ncn(-c2ccc(NC(=O)C3CN(C)C(=O)CN3)cc2)c1C. The van der Waals surface area contributed by atoms with Crippen molar-refractivity contribution in [2.24, 2.45) is 0 Å². The van der Waals surface area contributed by atoms with Crippen LogP contribution in [0.4, 0.5) is 5.69 Å². The van der Waals surface area contributed by atoms with Crippen LogP contribution in [-0.2, 0) is 9.59 Å². The van der Waals surface area contributed by atoms with E-state index >= 15 is 0 Å². The number of imidazole rings is 1. The van der Waals surface area contributed by atoms with Crippen LogP contribution in [0.25, 0.3) is 5.69 Å². The van der Waals surface area contributed by atoms with Gasteiger partial charge >= 0.3 is 0 Å². The van der Waals surface area contributed by atoms with Gasteiger partial charge in [-0.05, 0) is 38.1 Å². The van der Waals surface area contributed by atoms with E-state index in [0.29, 0.717) is 6.54 Å². The largest absolute Gasteiger partial charge is 0.343 e. The normalized spacial score (nSPS) is 17.9. The molecule has 2 amide bonds. The van der Waals surface area contributed by atoms with Crippen molar-refractivity contribution in [3.63, 3.8) is 0 Å². The quantitative estimate of drug-likeness (QED) is 0.876. The van der Waals surface area contributed by atoms with Gasteiger partial charge in [-0.1, -0.05) is 0 Å². The standard InChI is InChI=1S/C17H21N5O2/c1-11-12(2)22(10-19-11)14-6-4-13(5-7-14)20-17(24)15-9-21(3)16(23)8-18-15/h4-7,10,15,18H,8-9H2,1-3H3,(H,20,24). The number of aryl methyl sites for hydroxylation is 1. The molecule has 1 aromatic carbocycles. The molecule has 2 N–H and O–H groups in total. The average molecular weight is 327 g/mol. The average Bonchev–Trinajstić information content (AvgIpc) is 2.90. The van der Waals surface area contributed by atoms with E-state index in [2.05, 4.69) is 15.6 Å². The van der Waals surface area contributed by atoms with Crippen LogP contribution in [0.15, 0.2) is 30.6 Å². The molecule has 3 rings (SSSR count).